The van der Waals surface area contributed by atoms with Crippen molar-refractivity contribution in [2.45, 2.75) is 32.7 Å². The molecular formula is C12H18N2. The average molecular weight is 190 g/mol. The summed E-state index contributed by atoms with van der Waals surface area (Å²) in [5.41, 5.74) is 9.25. The first kappa shape index (κ1) is 9.38. The average Bonchev–Trinajstić information content (AvgIpc) is 2.57. The van der Waals surface area contributed by atoms with Crippen LogP contribution < -0.4 is 10.6 Å². The van der Waals surface area contributed by atoms with Gasteiger partial charge in [-0.05, 0) is 44.4 Å². The Kier molecular flexibility index (Phi) is 2.36. The highest BCUT2D eigenvalue weighted by Gasteiger charge is 2.20. The quantitative estimate of drug-likeness (QED) is 0.690. The van der Waals surface area contributed by atoms with E-state index in [-0.39, 0.29) is 0 Å². The van der Waals surface area contributed by atoms with Crippen LogP contribution in [0.5, 0.6) is 0 Å². The van der Waals surface area contributed by atoms with Crippen LogP contribution in [0.2, 0.25) is 0 Å². The second-order valence-electron chi connectivity index (χ2n) is 4.23. The Morgan fingerprint density at radius 3 is 2.79 bits per heavy atom. The SMILES string of the molecule is Cc1ccc(N2CCCC2C)cc1N. The first-order chi connectivity index (χ1) is 6.68. The van der Waals surface area contributed by atoms with Gasteiger partial charge >= 0.3 is 0 Å². The lowest BCUT2D eigenvalue weighted by molar-refractivity contribution is 0.735. The van der Waals surface area contributed by atoms with Crippen LogP contribution in [0.25, 0.3) is 0 Å². The van der Waals surface area contributed by atoms with E-state index in [2.05, 4.69) is 30.0 Å². The molecule has 14 heavy (non-hydrogen) atoms. The highest BCUT2D eigenvalue weighted by molar-refractivity contribution is 5.60. The molecule has 2 rings (SSSR count). The maximum Gasteiger partial charge on any atom is 0.0389 e. The molecule has 1 heterocycles. The number of hydrogen-bond acceptors (Lipinski definition) is 2. The molecule has 0 bridgehead atoms. The fourth-order valence-corrected chi connectivity index (χ4v) is 2.12. The summed E-state index contributed by atoms with van der Waals surface area (Å²) in [7, 11) is 0. The molecule has 1 aliphatic rings. The van der Waals surface area contributed by atoms with E-state index in [9.17, 15) is 0 Å². The molecule has 1 fully saturated rings. The van der Waals surface area contributed by atoms with Crippen molar-refractivity contribution in [3.63, 3.8) is 0 Å². The second-order valence-corrected chi connectivity index (χ2v) is 4.23. The number of anilines is 2. The molecule has 1 aliphatic heterocycles. The van der Waals surface area contributed by atoms with Crippen LogP contribution in [-0.4, -0.2) is 12.6 Å². The van der Waals surface area contributed by atoms with Crippen molar-refractivity contribution >= 4 is 11.4 Å². The van der Waals surface area contributed by atoms with Gasteiger partial charge in [-0.3, -0.25) is 0 Å². The molecule has 1 unspecified atom stereocenters. The predicted molar refractivity (Wildman–Crippen MR) is 61.6 cm³/mol. The summed E-state index contributed by atoms with van der Waals surface area (Å²) in [5, 5.41) is 0. The van der Waals surface area contributed by atoms with E-state index in [1.54, 1.807) is 0 Å². The molecule has 1 saturated heterocycles. The molecule has 76 valence electrons. The third-order valence-electron chi connectivity index (χ3n) is 3.15. The number of nitrogens with two attached hydrogens (primary N) is 1. The monoisotopic (exact) mass is 190 g/mol. The van der Waals surface area contributed by atoms with Crippen LogP contribution in [0.4, 0.5) is 11.4 Å². The van der Waals surface area contributed by atoms with Gasteiger partial charge in [-0.25, -0.2) is 0 Å². The molecule has 1 aromatic rings. The zero-order chi connectivity index (χ0) is 10.1. The standard InChI is InChI=1S/C12H18N2/c1-9-5-6-11(8-12(9)13)14-7-3-4-10(14)2/h5-6,8,10H,3-4,7,13H2,1-2H3. The lowest BCUT2D eigenvalue weighted by atomic mass is 10.1. The highest BCUT2D eigenvalue weighted by atomic mass is 15.2. The normalized spacial score (nSPS) is 21.6. The predicted octanol–water partition coefficient (Wildman–Crippen LogP) is 2.57. The van der Waals surface area contributed by atoms with Crippen molar-refractivity contribution < 1.29 is 0 Å². The van der Waals surface area contributed by atoms with Crippen molar-refractivity contribution in [3.05, 3.63) is 23.8 Å². The lowest BCUT2D eigenvalue weighted by Crippen LogP contribution is -2.26. The molecule has 1 aromatic carbocycles. The van der Waals surface area contributed by atoms with Crippen LogP contribution in [0.1, 0.15) is 25.3 Å². The molecule has 0 amide bonds. The molecule has 0 aromatic heterocycles. The number of aryl methyl sites for hydroxylation is 1. The van der Waals surface area contributed by atoms with E-state index in [1.807, 2.05) is 6.92 Å². The zero-order valence-electron chi connectivity index (χ0n) is 8.96. The smallest absolute Gasteiger partial charge is 0.0389 e. The third kappa shape index (κ3) is 1.57. The number of rotatable bonds is 1. The zero-order valence-corrected chi connectivity index (χ0v) is 8.96. The van der Waals surface area contributed by atoms with E-state index in [1.165, 1.54) is 30.6 Å². The lowest BCUT2D eigenvalue weighted by Gasteiger charge is -2.24. The maximum absolute atomic E-state index is 5.91. The molecule has 0 aliphatic carbocycles. The van der Waals surface area contributed by atoms with Crippen molar-refractivity contribution in [1.82, 2.24) is 0 Å². The van der Waals surface area contributed by atoms with Gasteiger partial charge in [-0.2, -0.15) is 0 Å². The summed E-state index contributed by atoms with van der Waals surface area (Å²) >= 11 is 0. The summed E-state index contributed by atoms with van der Waals surface area (Å²) < 4.78 is 0. The Labute approximate surface area is 85.7 Å². The molecule has 2 nitrogen and oxygen atoms in total. The van der Waals surface area contributed by atoms with Gasteiger partial charge in [0, 0.05) is 24.0 Å². The Balaban J connectivity index is 2.28. The Morgan fingerprint density at radius 2 is 2.21 bits per heavy atom. The molecule has 2 N–H and O–H groups in total. The van der Waals surface area contributed by atoms with E-state index in [0.717, 1.165) is 5.69 Å². The van der Waals surface area contributed by atoms with Crippen molar-refractivity contribution in [2.24, 2.45) is 0 Å². The minimum absolute atomic E-state index is 0.664. The Morgan fingerprint density at radius 1 is 1.43 bits per heavy atom. The maximum atomic E-state index is 5.91. The van der Waals surface area contributed by atoms with E-state index in [4.69, 9.17) is 5.73 Å². The first-order valence-corrected chi connectivity index (χ1v) is 5.31. The van der Waals surface area contributed by atoms with Gasteiger partial charge in [-0.1, -0.05) is 6.07 Å². The summed E-state index contributed by atoms with van der Waals surface area (Å²) in [6.07, 6.45) is 2.60. The minimum atomic E-state index is 0.664. The molecule has 0 spiro atoms. The Hall–Kier alpha value is -1.18. The summed E-state index contributed by atoms with van der Waals surface area (Å²) in [4.78, 5) is 2.44. The molecule has 0 saturated carbocycles. The fourth-order valence-electron chi connectivity index (χ4n) is 2.12. The topological polar surface area (TPSA) is 29.3 Å². The summed E-state index contributed by atoms with van der Waals surface area (Å²) in [5.74, 6) is 0. The second kappa shape index (κ2) is 3.52. The van der Waals surface area contributed by atoms with Gasteiger partial charge in [0.15, 0.2) is 0 Å². The van der Waals surface area contributed by atoms with Gasteiger partial charge in [0.1, 0.15) is 0 Å². The molecule has 2 heteroatoms. The highest BCUT2D eigenvalue weighted by Crippen LogP contribution is 2.27. The van der Waals surface area contributed by atoms with Gasteiger partial charge in [0.05, 0.1) is 0 Å². The van der Waals surface area contributed by atoms with Gasteiger partial charge in [0.2, 0.25) is 0 Å². The van der Waals surface area contributed by atoms with Crippen molar-refractivity contribution in [1.29, 1.82) is 0 Å². The van der Waals surface area contributed by atoms with Crippen LogP contribution in [0.3, 0.4) is 0 Å². The van der Waals surface area contributed by atoms with Gasteiger partial charge in [0.25, 0.3) is 0 Å². The number of nitrogens with zero attached hydrogens (tertiary/aromatic N) is 1. The van der Waals surface area contributed by atoms with Crippen LogP contribution in [0.15, 0.2) is 18.2 Å². The summed E-state index contributed by atoms with van der Waals surface area (Å²) in [6.45, 7) is 5.50. The fraction of sp³-hybridized carbons (Fsp3) is 0.500. The molecule has 1 atom stereocenters. The van der Waals surface area contributed by atoms with Crippen LogP contribution >= 0.6 is 0 Å². The largest absolute Gasteiger partial charge is 0.398 e. The number of hydrogen-bond donors (Lipinski definition) is 1. The third-order valence-corrected chi connectivity index (χ3v) is 3.15. The van der Waals surface area contributed by atoms with Crippen LogP contribution in [-0.2, 0) is 0 Å². The van der Waals surface area contributed by atoms with Crippen molar-refractivity contribution in [3.8, 4) is 0 Å². The van der Waals surface area contributed by atoms with E-state index < -0.39 is 0 Å². The van der Waals surface area contributed by atoms with Gasteiger partial charge < -0.3 is 10.6 Å². The van der Waals surface area contributed by atoms with E-state index >= 15 is 0 Å². The number of benzene rings is 1. The number of nitrogen functional groups attached to an aromatic ring is 1. The molecular weight excluding hydrogens is 172 g/mol. The van der Waals surface area contributed by atoms with Gasteiger partial charge in [-0.15, -0.1) is 0 Å². The first-order valence-electron chi connectivity index (χ1n) is 5.31. The van der Waals surface area contributed by atoms with Crippen LogP contribution in [0, 0.1) is 6.92 Å². The minimum Gasteiger partial charge on any atom is -0.398 e. The summed E-state index contributed by atoms with van der Waals surface area (Å²) in [6, 6.07) is 7.04. The van der Waals surface area contributed by atoms with E-state index in [0.29, 0.717) is 6.04 Å². The van der Waals surface area contributed by atoms with Crippen molar-refractivity contribution in [2.75, 3.05) is 17.2 Å². The molecule has 0 radical (unpaired) electrons. The Bertz CT molecular complexity index is 333.